The predicted molar refractivity (Wildman–Crippen MR) is 61.8 cm³/mol. The third kappa shape index (κ3) is 1.70. The molecule has 0 bridgehead atoms. The highest BCUT2D eigenvalue weighted by atomic mass is 32.2. The summed E-state index contributed by atoms with van der Waals surface area (Å²) in [6, 6.07) is 1.73. The molecule has 0 aromatic carbocycles. The Bertz CT molecular complexity index is 203. The van der Waals surface area contributed by atoms with Crippen LogP contribution in [-0.2, 0) is 0 Å². The summed E-state index contributed by atoms with van der Waals surface area (Å²) in [5, 5.41) is 3.66. The first-order valence-corrected chi connectivity index (χ1v) is 7.14. The van der Waals surface area contributed by atoms with Gasteiger partial charge in [-0.1, -0.05) is 0 Å². The van der Waals surface area contributed by atoms with E-state index in [2.05, 4.69) is 22.0 Å². The second-order valence-electron chi connectivity index (χ2n) is 4.91. The molecule has 3 rings (SSSR count). The first kappa shape index (κ1) is 9.49. The molecule has 0 saturated carbocycles. The molecule has 3 unspecified atom stereocenters. The van der Waals surface area contributed by atoms with E-state index in [9.17, 15) is 0 Å². The van der Waals surface area contributed by atoms with Crippen molar-refractivity contribution >= 4 is 11.8 Å². The lowest BCUT2D eigenvalue weighted by Gasteiger charge is -2.38. The number of nitrogens with zero attached hydrogens (tertiary/aromatic N) is 1. The summed E-state index contributed by atoms with van der Waals surface area (Å²) in [6.45, 7) is 3.96. The number of fused-ring (bicyclic) bond motifs is 1. The number of hydrogen-bond donors (Lipinski definition) is 1. The van der Waals surface area contributed by atoms with Gasteiger partial charge < -0.3 is 5.32 Å². The van der Waals surface area contributed by atoms with Crippen molar-refractivity contribution in [1.29, 1.82) is 0 Å². The fourth-order valence-electron chi connectivity index (χ4n) is 3.20. The average Bonchev–Trinajstić information content (AvgIpc) is 2.88. The summed E-state index contributed by atoms with van der Waals surface area (Å²) in [5.41, 5.74) is 0. The Hall–Kier alpha value is 0.270. The van der Waals surface area contributed by atoms with Crippen molar-refractivity contribution in [3.8, 4) is 0 Å². The van der Waals surface area contributed by atoms with Crippen LogP contribution in [0.1, 0.15) is 19.3 Å². The predicted octanol–water partition coefficient (Wildman–Crippen LogP) is 1.18. The number of nitrogens with one attached hydrogen (secondary N) is 1. The van der Waals surface area contributed by atoms with E-state index in [4.69, 9.17) is 0 Å². The molecule has 3 aliphatic rings. The molecule has 0 spiro atoms. The summed E-state index contributed by atoms with van der Waals surface area (Å²) in [4.78, 5) is 2.75. The topological polar surface area (TPSA) is 15.3 Å². The molecule has 3 saturated heterocycles. The Kier molecular flexibility index (Phi) is 2.73. The van der Waals surface area contributed by atoms with E-state index < -0.39 is 0 Å². The van der Waals surface area contributed by atoms with Gasteiger partial charge in [-0.15, -0.1) is 0 Å². The van der Waals surface area contributed by atoms with Crippen LogP contribution in [0.2, 0.25) is 0 Å². The fraction of sp³-hybridized carbons (Fsp3) is 1.00. The van der Waals surface area contributed by atoms with Gasteiger partial charge in [0.05, 0.1) is 0 Å². The van der Waals surface area contributed by atoms with Crippen LogP contribution in [0.25, 0.3) is 0 Å². The van der Waals surface area contributed by atoms with Gasteiger partial charge >= 0.3 is 0 Å². The summed E-state index contributed by atoms with van der Waals surface area (Å²) in [5.74, 6) is 3.78. The number of piperidine rings is 1. The van der Waals surface area contributed by atoms with Gasteiger partial charge in [0.1, 0.15) is 0 Å². The lowest BCUT2D eigenvalue weighted by atomic mass is 9.91. The molecule has 14 heavy (non-hydrogen) atoms. The first-order valence-electron chi connectivity index (χ1n) is 5.98. The zero-order chi connectivity index (χ0) is 9.38. The Balaban J connectivity index is 1.60. The third-order valence-electron chi connectivity index (χ3n) is 4.13. The Morgan fingerprint density at radius 2 is 2.21 bits per heavy atom. The zero-order valence-corrected chi connectivity index (χ0v) is 9.56. The van der Waals surface area contributed by atoms with E-state index in [1.54, 1.807) is 0 Å². The average molecular weight is 212 g/mol. The monoisotopic (exact) mass is 212 g/mol. The molecule has 3 heterocycles. The normalized spacial score (nSPS) is 44.1. The van der Waals surface area contributed by atoms with Crippen molar-refractivity contribution in [2.45, 2.75) is 31.3 Å². The molecule has 1 N–H and O–H groups in total. The minimum Gasteiger partial charge on any atom is -0.312 e. The van der Waals surface area contributed by atoms with Gasteiger partial charge in [0.25, 0.3) is 0 Å². The summed E-state index contributed by atoms with van der Waals surface area (Å²) >= 11 is 2.14. The SMILES string of the molecule is C1CC2CCN(C3CCSC3)CC2N1. The second-order valence-corrected chi connectivity index (χ2v) is 6.06. The van der Waals surface area contributed by atoms with Gasteiger partial charge in [-0.25, -0.2) is 0 Å². The van der Waals surface area contributed by atoms with Crippen molar-refractivity contribution < 1.29 is 0 Å². The van der Waals surface area contributed by atoms with Crippen LogP contribution in [-0.4, -0.2) is 48.1 Å². The van der Waals surface area contributed by atoms with Crippen LogP contribution in [0.3, 0.4) is 0 Å². The fourth-order valence-corrected chi connectivity index (χ4v) is 4.45. The Morgan fingerprint density at radius 1 is 1.21 bits per heavy atom. The van der Waals surface area contributed by atoms with Crippen LogP contribution in [0, 0.1) is 5.92 Å². The minimum atomic E-state index is 0.828. The highest BCUT2D eigenvalue weighted by molar-refractivity contribution is 7.99. The van der Waals surface area contributed by atoms with Gasteiger partial charge in [-0.3, -0.25) is 4.90 Å². The highest BCUT2D eigenvalue weighted by Crippen LogP contribution is 2.30. The molecule has 3 fully saturated rings. The van der Waals surface area contributed by atoms with Crippen LogP contribution in [0.15, 0.2) is 0 Å². The van der Waals surface area contributed by atoms with Crippen molar-refractivity contribution in [1.82, 2.24) is 10.2 Å². The molecule has 0 aromatic rings. The van der Waals surface area contributed by atoms with E-state index >= 15 is 0 Å². The van der Waals surface area contributed by atoms with Gasteiger partial charge in [0, 0.05) is 24.4 Å². The molecule has 3 atom stereocenters. The first-order chi connectivity index (χ1) is 6.93. The van der Waals surface area contributed by atoms with Crippen molar-refractivity contribution in [3.05, 3.63) is 0 Å². The molecule has 80 valence electrons. The lowest BCUT2D eigenvalue weighted by molar-refractivity contribution is 0.129. The Morgan fingerprint density at radius 3 is 3.07 bits per heavy atom. The van der Waals surface area contributed by atoms with Gasteiger partial charge in [-0.05, 0) is 44.0 Å². The molecule has 3 heteroatoms. The largest absolute Gasteiger partial charge is 0.312 e. The van der Waals surface area contributed by atoms with Crippen molar-refractivity contribution in [2.75, 3.05) is 31.1 Å². The number of hydrogen-bond acceptors (Lipinski definition) is 3. The maximum absolute atomic E-state index is 3.66. The van der Waals surface area contributed by atoms with Crippen LogP contribution < -0.4 is 5.32 Å². The van der Waals surface area contributed by atoms with Gasteiger partial charge in [-0.2, -0.15) is 11.8 Å². The maximum atomic E-state index is 3.66. The third-order valence-corrected chi connectivity index (χ3v) is 5.28. The lowest BCUT2D eigenvalue weighted by Crippen LogP contribution is -2.50. The van der Waals surface area contributed by atoms with E-state index in [1.165, 1.54) is 50.4 Å². The van der Waals surface area contributed by atoms with E-state index in [-0.39, 0.29) is 0 Å². The molecule has 0 aromatic heterocycles. The number of rotatable bonds is 1. The highest BCUT2D eigenvalue weighted by Gasteiger charge is 2.35. The van der Waals surface area contributed by atoms with Gasteiger partial charge in [0.15, 0.2) is 0 Å². The Labute approximate surface area is 90.8 Å². The summed E-state index contributed by atoms with van der Waals surface area (Å²) < 4.78 is 0. The molecular formula is C11H20N2S. The van der Waals surface area contributed by atoms with E-state index in [1.807, 2.05) is 0 Å². The molecule has 0 aliphatic carbocycles. The van der Waals surface area contributed by atoms with Gasteiger partial charge in [0.2, 0.25) is 0 Å². The standard InChI is InChI=1S/C11H20N2S/c1-4-12-11-7-13(5-2-9(1)11)10-3-6-14-8-10/h9-12H,1-8H2. The van der Waals surface area contributed by atoms with Crippen molar-refractivity contribution in [2.24, 2.45) is 5.92 Å². The molecule has 3 aliphatic heterocycles. The quantitative estimate of drug-likeness (QED) is 0.702. The zero-order valence-electron chi connectivity index (χ0n) is 8.74. The smallest absolute Gasteiger partial charge is 0.0224 e. The summed E-state index contributed by atoms with van der Waals surface area (Å²) in [6.07, 6.45) is 4.30. The molecule has 2 nitrogen and oxygen atoms in total. The van der Waals surface area contributed by atoms with E-state index in [0.717, 1.165) is 18.0 Å². The number of likely N-dealkylation sites (tertiary alicyclic amines) is 1. The molecule has 0 radical (unpaired) electrons. The molecular weight excluding hydrogens is 192 g/mol. The molecule has 0 amide bonds. The van der Waals surface area contributed by atoms with E-state index in [0.29, 0.717) is 0 Å². The van der Waals surface area contributed by atoms with Crippen LogP contribution >= 0.6 is 11.8 Å². The minimum absolute atomic E-state index is 0.828. The maximum Gasteiger partial charge on any atom is 0.0224 e. The van der Waals surface area contributed by atoms with Crippen LogP contribution in [0.5, 0.6) is 0 Å². The summed E-state index contributed by atoms with van der Waals surface area (Å²) in [7, 11) is 0. The van der Waals surface area contributed by atoms with Crippen molar-refractivity contribution in [3.63, 3.8) is 0 Å². The number of thioether (sulfide) groups is 1. The van der Waals surface area contributed by atoms with Crippen LogP contribution in [0.4, 0.5) is 0 Å². The second kappa shape index (κ2) is 4.03.